The van der Waals surface area contributed by atoms with E-state index in [1.165, 1.54) is 5.56 Å². The van der Waals surface area contributed by atoms with Gasteiger partial charge >= 0.3 is 6.03 Å². The van der Waals surface area contributed by atoms with E-state index >= 15 is 0 Å². The van der Waals surface area contributed by atoms with E-state index in [0.29, 0.717) is 6.04 Å². The van der Waals surface area contributed by atoms with Gasteiger partial charge in [0.15, 0.2) is 0 Å². The molecule has 0 atom stereocenters. The fraction of sp³-hybridized carbons (Fsp3) is 0.615. The van der Waals surface area contributed by atoms with Crippen LogP contribution < -0.4 is 5.32 Å². The SMILES string of the molecule is O=C1NCCN1C1CCN(Cc2ccsc2)CC1. The third-order valence-corrected chi connectivity index (χ3v) is 4.61. The fourth-order valence-electron chi connectivity index (χ4n) is 2.86. The first-order chi connectivity index (χ1) is 8.83. The van der Waals surface area contributed by atoms with Crippen LogP contribution in [0.5, 0.6) is 0 Å². The molecule has 5 heteroatoms. The van der Waals surface area contributed by atoms with Crippen LogP contribution >= 0.6 is 11.3 Å². The molecular formula is C13H19N3OS. The Labute approximate surface area is 112 Å². The Morgan fingerprint density at radius 1 is 1.33 bits per heavy atom. The molecule has 3 heterocycles. The van der Waals surface area contributed by atoms with Gasteiger partial charge in [0, 0.05) is 38.8 Å². The molecule has 0 aromatic carbocycles. The van der Waals surface area contributed by atoms with E-state index in [1.54, 1.807) is 11.3 Å². The van der Waals surface area contributed by atoms with Crippen LogP contribution in [0.3, 0.4) is 0 Å². The third-order valence-electron chi connectivity index (χ3n) is 3.87. The van der Waals surface area contributed by atoms with E-state index in [2.05, 4.69) is 27.0 Å². The monoisotopic (exact) mass is 265 g/mol. The largest absolute Gasteiger partial charge is 0.336 e. The first kappa shape index (κ1) is 12.0. The van der Waals surface area contributed by atoms with Gasteiger partial charge in [-0.05, 0) is 35.2 Å². The van der Waals surface area contributed by atoms with Crippen LogP contribution in [-0.2, 0) is 6.54 Å². The molecule has 2 fully saturated rings. The van der Waals surface area contributed by atoms with Crippen LogP contribution in [0.1, 0.15) is 18.4 Å². The summed E-state index contributed by atoms with van der Waals surface area (Å²) < 4.78 is 0. The maximum absolute atomic E-state index is 11.6. The zero-order valence-electron chi connectivity index (χ0n) is 10.5. The van der Waals surface area contributed by atoms with Crippen molar-refractivity contribution < 1.29 is 4.79 Å². The number of likely N-dealkylation sites (tertiary alicyclic amines) is 1. The van der Waals surface area contributed by atoms with Gasteiger partial charge in [-0.2, -0.15) is 11.3 Å². The zero-order chi connectivity index (χ0) is 12.4. The molecule has 0 unspecified atom stereocenters. The Morgan fingerprint density at radius 3 is 2.78 bits per heavy atom. The first-order valence-corrected chi connectivity index (χ1v) is 7.55. The molecule has 18 heavy (non-hydrogen) atoms. The molecule has 1 aromatic heterocycles. The van der Waals surface area contributed by atoms with Crippen LogP contribution in [0.2, 0.25) is 0 Å². The summed E-state index contributed by atoms with van der Waals surface area (Å²) in [5.41, 5.74) is 1.41. The number of nitrogens with zero attached hydrogens (tertiary/aromatic N) is 2. The average molecular weight is 265 g/mol. The molecule has 4 nitrogen and oxygen atoms in total. The van der Waals surface area contributed by atoms with Crippen molar-refractivity contribution >= 4 is 17.4 Å². The van der Waals surface area contributed by atoms with Gasteiger partial charge in [0.25, 0.3) is 0 Å². The lowest BCUT2D eigenvalue weighted by Crippen LogP contribution is -2.45. The Hall–Kier alpha value is -1.07. The minimum atomic E-state index is 0.131. The van der Waals surface area contributed by atoms with Crippen molar-refractivity contribution in [3.05, 3.63) is 22.4 Å². The molecular weight excluding hydrogens is 246 g/mol. The number of nitrogens with one attached hydrogen (secondary N) is 1. The summed E-state index contributed by atoms with van der Waals surface area (Å²) in [7, 11) is 0. The number of carbonyl (C=O) groups is 1. The average Bonchev–Trinajstić information content (AvgIpc) is 3.02. The van der Waals surface area contributed by atoms with E-state index in [1.807, 2.05) is 4.90 Å². The van der Waals surface area contributed by atoms with Gasteiger partial charge in [-0.3, -0.25) is 4.90 Å². The Balaban J connectivity index is 1.50. The Morgan fingerprint density at radius 2 is 2.17 bits per heavy atom. The number of carbonyl (C=O) groups excluding carboxylic acids is 1. The summed E-state index contributed by atoms with van der Waals surface area (Å²) in [4.78, 5) is 16.1. The number of hydrogen-bond donors (Lipinski definition) is 1. The second-order valence-corrected chi connectivity index (χ2v) is 5.84. The van der Waals surface area contributed by atoms with E-state index < -0.39 is 0 Å². The lowest BCUT2D eigenvalue weighted by Gasteiger charge is -2.36. The summed E-state index contributed by atoms with van der Waals surface area (Å²) in [5.74, 6) is 0. The van der Waals surface area contributed by atoms with Gasteiger partial charge in [0.2, 0.25) is 0 Å². The molecule has 1 N–H and O–H groups in total. The number of urea groups is 1. The molecule has 1 aromatic rings. The highest BCUT2D eigenvalue weighted by Gasteiger charge is 2.30. The lowest BCUT2D eigenvalue weighted by atomic mass is 10.0. The Bertz CT molecular complexity index is 398. The normalized spacial score (nSPS) is 22.4. The maximum Gasteiger partial charge on any atom is 0.317 e. The summed E-state index contributed by atoms with van der Waals surface area (Å²) in [6.45, 7) is 4.96. The summed E-state index contributed by atoms with van der Waals surface area (Å²) in [6, 6.07) is 2.78. The standard InChI is InChI=1S/C13H19N3OS/c17-13-14-4-7-16(13)12-1-5-15(6-2-12)9-11-3-8-18-10-11/h3,8,10,12H,1-2,4-7,9H2,(H,14,17). The smallest absolute Gasteiger partial charge is 0.317 e. The second kappa shape index (κ2) is 5.28. The quantitative estimate of drug-likeness (QED) is 0.903. The predicted molar refractivity (Wildman–Crippen MR) is 72.7 cm³/mol. The van der Waals surface area contributed by atoms with Crippen molar-refractivity contribution in [1.82, 2.24) is 15.1 Å². The van der Waals surface area contributed by atoms with Gasteiger partial charge in [-0.15, -0.1) is 0 Å². The summed E-state index contributed by atoms with van der Waals surface area (Å²) >= 11 is 1.76. The van der Waals surface area contributed by atoms with Crippen LogP contribution in [-0.4, -0.2) is 48.1 Å². The van der Waals surface area contributed by atoms with Crippen molar-refractivity contribution in [3.63, 3.8) is 0 Å². The minimum Gasteiger partial charge on any atom is -0.336 e. The Kier molecular flexibility index (Phi) is 3.52. The van der Waals surface area contributed by atoms with Gasteiger partial charge in [0.1, 0.15) is 0 Å². The van der Waals surface area contributed by atoms with Gasteiger partial charge in [0.05, 0.1) is 0 Å². The van der Waals surface area contributed by atoms with Crippen molar-refractivity contribution in [2.75, 3.05) is 26.2 Å². The molecule has 0 spiro atoms. The predicted octanol–water partition coefficient (Wildman–Crippen LogP) is 1.74. The minimum absolute atomic E-state index is 0.131. The van der Waals surface area contributed by atoms with E-state index in [9.17, 15) is 4.79 Å². The van der Waals surface area contributed by atoms with Crippen LogP contribution in [0.4, 0.5) is 4.79 Å². The van der Waals surface area contributed by atoms with Crippen LogP contribution in [0.15, 0.2) is 16.8 Å². The van der Waals surface area contributed by atoms with Crippen molar-refractivity contribution in [2.24, 2.45) is 0 Å². The highest BCUT2D eigenvalue weighted by atomic mass is 32.1. The highest BCUT2D eigenvalue weighted by Crippen LogP contribution is 2.20. The number of amides is 2. The van der Waals surface area contributed by atoms with Crippen LogP contribution in [0.25, 0.3) is 0 Å². The topological polar surface area (TPSA) is 35.6 Å². The molecule has 2 amide bonds. The third kappa shape index (κ3) is 2.52. The first-order valence-electron chi connectivity index (χ1n) is 6.61. The molecule has 98 valence electrons. The number of rotatable bonds is 3. The van der Waals surface area contributed by atoms with Gasteiger partial charge < -0.3 is 10.2 Å². The van der Waals surface area contributed by atoms with E-state index in [0.717, 1.165) is 45.6 Å². The lowest BCUT2D eigenvalue weighted by molar-refractivity contribution is 0.132. The molecule has 0 bridgehead atoms. The van der Waals surface area contributed by atoms with Gasteiger partial charge in [-0.1, -0.05) is 0 Å². The summed E-state index contributed by atoms with van der Waals surface area (Å²) in [6.07, 6.45) is 2.22. The van der Waals surface area contributed by atoms with Crippen molar-refractivity contribution in [3.8, 4) is 0 Å². The van der Waals surface area contributed by atoms with Crippen molar-refractivity contribution in [2.45, 2.75) is 25.4 Å². The van der Waals surface area contributed by atoms with Gasteiger partial charge in [-0.25, -0.2) is 4.79 Å². The number of piperidine rings is 1. The summed E-state index contributed by atoms with van der Waals surface area (Å²) in [5, 5.41) is 7.25. The number of hydrogen-bond acceptors (Lipinski definition) is 3. The molecule has 0 radical (unpaired) electrons. The molecule has 2 saturated heterocycles. The van der Waals surface area contributed by atoms with E-state index in [-0.39, 0.29) is 6.03 Å². The highest BCUT2D eigenvalue weighted by molar-refractivity contribution is 7.07. The van der Waals surface area contributed by atoms with E-state index in [4.69, 9.17) is 0 Å². The molecule has 2 aliphatic heterocycles. The fourth-order valence-corrected chi connectivity index (χ4v) is 3.52. The molecule has 0 aliphatic carbocycles. The number of thiophene rings is 1. The molecule has 2 aliphatic rings. The van der Waals surface area contributed by atoms with Crippen molar-refractivity contribution in [1.29, 1.82) is 0 Å². The second-order valence-electron chi connectivity index (χ2n) is 5.06. The molecule has 3 rings (SSSR count). The maximum atomic E-state index is 11.6. The molecule has 0 saturated carbocycles. The van der Waals surface area contributed by atoms with Crippen LogP contribution in [0, 0.1) is 0 Å². The zero-order valence-corrected chi connectivity index (χ0v) is 11.3.